The van der Waals surface area contributed by atoms with Crippen molar-refractivity contribution in [2.45, 2.75) is 26.7 Å². The maximum Gasteiger partial charge on any atom is 0.126 e. The molecule has 0 aliphatic rings. The molecule has 0 aliphatic carbocycles. The quantitative estimate of drug-likeness (QED) is 0.684. The fraction of sp³-hybridized carbons (Fsp3) is 0.385. The van der Waals surface area contributed by atoms with Gasteiger partial charge in [0, 0.05) is 5.56 Å². The normalized spacial score (nSPS) is 10.7. The molecule has 0 aliphatic heterocycles. The SMILES string of the molecule is CCC=Cc1ccccc1OCCC. The van der Waals surface area contributed by atoms with Crippen LogP contribution in [0, 0.1) is 0 Å². The third kappa shape index (κ3) is 3.25. The standard InChI is InChI=1S/C13H18O/c1-3-5-8-12-9-6-7-10-13(12)14-11-4-2/h5-10H,3-4,11H2,1-2H3. The molecule has 1 aromatic rings. The van der Waals surface area contributed by atoms with E-state index in [4.69, 9.17) is 4.74 Å². The monoisotopic (exact) mass is 190 g/mol. The minimum atomic E-state index is 0.789. The lowest BCUT2D eigenvalue weighted by Crippen LogP contribution is -1.96. The fourth-order valence-electron chi connectivity index (χ4n) is 1.21. The fourth-order valence-corrected chi connectivity index (χ4v) is 1.21. The van der Waals surface area contributed by atoms with Crippen molar-refractivity contribution in [2.75, 3.05) is 6.61 Å². The number of ether oxygens (including phenoxy) is 1. The van der Waals surface area contributed by atoms with Gasteiger partial charge in [0.15, 0.2) is 0 Å². The molecule has 0 saturated heterocycles. The molecule has 1 rings (SSSR count). The van der Waals surface area contributed by atoms with Crippen molar-refractivity contribution < 1.29 is 4.74 Å². The molecule has 1 aromatic carbocycles. The average molecular weight is 190 g/mol. The summed E-state index contributed by atoms with van der Waals surface area (Å²) in [6.07, 6.45) is 6.37. The van der Waals surface area contributed by atoms with Gasteiger partial charge in [-0.25, -0.2) is 0 Å². The summed E-state index contributed by atoms with van der Waals surface area (Å²) in [7, 11) is 0. The lowest BCUT2D eigenvalue weighted by Gasteiger charge is -2.07. The number of benzene rings is 1. The second-order valence-corrected chi connectivity index (χ2v) is 3.20. The molecule has 0 fully saturated rings. The Labute approximate surface area is 86.4 Å². The van der Waals surface area contributed by atoms with Gasteiger partial charge < -0.3 is 4.74 Å². The predicted octanol–water partition coefficient (Wildman–Crippen LogP) is 3.90. The van der Waals surface area contributed by atoms with Crippen LogP contribution in [0.15, 0.2) is 30.3 Å². The molecular weight excluding hydrogens is 172 g/mol. The molecule has 0 unspecified atom stereocenters. The molecule has 0 radical (unpaired) electrons. The zero-order valence-electron chi connectivity index (χ0n) is 8.99. The third-order valence-corrected chi connectivity index (χ3v) is 1.91. The van der Waals surface area contributed by atoms with E-state index in [1.165, 1.54) is 5.56 Å². The van der Waals surface area contributed by atoms with Crippen LogP contribution in [0.5, 0.6) is 5.75 Å². The first kappa shape index (κ1) is 10.8. The van der Waals surface area contributed by atoms with Crippen LogP contribution < -0.4 is 4.74 Å². The van der Waals surface area contributed by atoms with Crippen LogP contribution in [0.1, 0.15) is 32.3 Å². The first-order valence-electron chi connectivity index (χ1n) is 5.26. The van der Waals surface area contributed by atoms with Gasteiger partial charge in [0.2, 0.25) is 0 Å². The summed E-state index contributed by atoms with van der Waals surface area (Å²) in [5, 5.41) is 0. The molecule has 0 heterocycles. The van der Waals surface area contributed by atoms with Crippen molar-refractivity contribution in [3.63, 3.8) is 0 Å². The number of hydrogen-bond donors (Lipinski definition) is 0. The van der Waals surface area contributed by atoms with Gasteiger partial charge in [-0.2, -0.15) is 0 Å². The Kier molecular flexibility index (Phi) is 4.84. The van der Waals surface area contributed by atoms with Crippen LogP contribution in [0.25, 0.3) is 6.08 Å². The highest BCUT2D eigenvalue weighted by Gasteiger charge is 1.97. The van der Waals surface area contributed by atoms with Gasteiger partial charge in [-0.3, -0.25) is 0 Å². The highest BCUT2D eigenvalue weighted by atomic mass is 16.5. The van der Waals surface area contributed by atoms with Crippen LogP contribution in [-0.4, -0.2) is 6.61 Å². The molecule has 0 N–H and O–H groups in total. The van der Waals surface area contributed by atoms with Gasteiger partial charge in [0.25, 0.3) is 0 Å². The minimum absolute atomic E-state index is 0.789. The molecule has 0 saturated carbocycles. The van der Waals surface area contributed by atoms with Gasteiger partial charge in [-0.15, -0.1) is 0 Å². The van der Waals surface area contributed by atoms with Crippen molar-refractivity contribution in [1.82, 2.24) is 0 Å². The molecule has 0 atom stereocenters. The van der Waals surface area contributed by atoms with Gasteiger partial charge in [0.05, 0.1) is 6.61 Å². The van der Waals surface area contributed by atoms with Gasteiger partial charge in [-0.1, -0.05) is 44.2 Å². The van der Waals surface area contributed by atoms with Gasteiger partial charge >= 0.3 is 0 Å². The Hall–Kier alpha value is -1.24. The topological polar surface area (TPSA) is 9.23 Å². The third-order valence-electron chi connectivity index (χ3n) is 1.91. The molecular formula is C13H18O. The number of para-hydroxylation sites is 1. The smallest absolute Gasteiger partial charge is 0.126 e. The molecule has 1 heteroatoms. The van der Waals surface area contributed by atoms with Crippen LogP contribution in [0.2, 0.25) is 0 Å². The first-order valence-corrected chi connectivity index (χ1v) is 5.26. The Bertz CT molecular complexity index is 289. The largest absolute Gasteiger partial charge is 0.493 e. The molecule has 0 aromatic heterocycles. The van der Waals surface area contributed by atoms with Crippen LogP contribution in [-0.2, 0) is 0 Å². The van der Waals surface area contributed by atoms with E-state index in [0.717, 1.165) is 25.2 Å². The Morgan fingerprint density at radius 2 is 2.00 bits per heavy atom. The average Bonchev–Trinajstić information content (AvgIpc) is 2.24. The van der Waals surface area contributed by atoms with E-state index >= 15 is 0 Å². The zero-order chi connectivity index (χ0) is 10.2. The van der Waals surface area contributed by atoms with Crippen LogP contribution in [0.3, 0.4) is 0 Å². The summed E-state index contributed by atoms with van der Waals surface area (Å²) in [6.45, 7) is 5.04. The van der Waals surface area contributed by atoms with E-state index in [1.54, 1.807) is 0 Å². The van der Waals surface area contributed by atoms with Crippen LogP contribution >= 0.6 is 0 Å². The summed E-state index contributed by atoms with van der Waals surface area (Å²) < 4.78 is 5.63. The maximum absolute atomic E-state index is 5.63. The van der Waals surface area contributed by atoms with Crippen molar-refractivity contribution in [1.29, 1.82) is 0 Å². The second-order valence-electron chi connectivity index (χ2n) is 3.20. The van der Waals surface area contributed by atoms with E-state index in [1.807, 2.05) is 18.2 Å². The molecule has 1 nitrogen and oxygen atoms in total. The molecule has 0 spiro atoms. The van der Waals surface area contributed by atoms with E-state index in [2.05, 4.69) is 32.1 Å². The van der Waals surface area contributed by atoms with E-state index in [0.29, 0.717) is 0 Å². The minimum Gasteiger partial charge on any atom is -0.493 e. The zero-order valence-corrected chi connectivity index (χ0v) is 8.99. The van der Waals surface area contributed by atoms with Crippen molar-refractivity contribution in [3.8, 4) is 5.75 Å². The highest BCUT2D eigenvalue weighted by Crippen LogP contribution is 2.19. The summed E-state index contributed by atoms with van der Waals surface area (Å²) in [4.78, 5) is 0. The Balaban J connectivity index is 2.74. The number of hydrogen-bond acceptors (Lipinski definition) is 1. The maximum atomic E-state index is 5.63. The Morgan fingerprint density at radius 3 is 2.71 bits per heavy atom. The van der Waals surface area contributed by atoms with E-state index in [9.17, 15) is 0 Å². The van der Waals surface area contributed by atoms with Crippen molar-refractivity contribution in [3.05, 3.63) is 35.9 Å². The van der Waals surface area contributed by atoms with E-state index < -0.39 is 0 Å². The first-order chi connectivity index (χ1) is 6.88. The Morgan fingerprint density at radius 1 is 1.21 bits per heavy atom. The molecule has 0 amide bonds. The van der Waals surface area contributed by atoms with Gasteiger partial charge in [0.1, 0.15) is 5.75 Å². The lowest BCUT2D eigenvalue weighted by atomic mass is 10.2. The number of allylic oxidation sites excluding steroid dienone is 1. The van der Waals surface area contributed by atoms with E-state index in [-0.39, 0.29) is 0 Å². The molecule has 76 valence electrons. The van der Waals surface area contributed by atoms with Crippen LogP contribution in [0.4, 0.5) is 0 Å². The van der Waals surface area contributed by atoms with Gasteiger partial charge in [-0.05, 0) is 18.9 Å². The van der Waals surface area contributed by atoms with Crippen molar-refractivity contribution >= 4 is 6.08 Å². The van der Waals surface area contributed by atoms with Crippen molar-refractivity contribution in [2.24, 2.45) is 0 Å². The summed E-state index contributed by atoms with van der Waals surface area (Å²) in [6, 6.07) is 8.14. The highest BCUT2D eigenvalue weighted by molar-refractivity contribution is 5.56. The predicted molar refractivity (Wildman–Crippen MR) is 61.6 cm³/mol. The second kappa shape index (κ2) is 6.25. The number of rotatable bonds is 5. The lowest BCUT2D eigenvalue weighted by molar-refractivity contribution is 0.317. The molecule has 14 heavy (non-hydrogen) atoms. The summed E-state index contributed by atoms with van der Waals surface area (Å²) in [5.41, 5.74) is 1.17. The summed E-state index contributed by atoms with van der Waals surface area (Å²) >= 11 is 0. The molecule has 0 bridgehead atoms. The summed E-state index contributed by atoms with van der Waals surface area (Å²) in [5.74, 6) is 0.985.